The smallest absolute Gasteiger partial charge is 0.0625 e. The van der Waals surface area contributed by atoms with Crippen LogP contribution in [-0.4, -0.2) is 6.54 Å². The largest absolute Gasteiger partial charge is 0.364 e. The topological polar surface area (TPSA) is 27.0 Å². The number of rotatable bonds is 3. The van der Waals surface area contributed by atoms with Gasteiger partial charge in [0.1, 0.15) is 0 Å². The molecule has 0 spiro atoms. The summed E-state index contributed by atoms with van der Waals surface area (Å²) in [5, 5.41) is 9.17. The standard InChI is InChI=1S/C19H20N2/c20-14-13-17-10-7-15-21(18-11-5-2-6-12-18)19(17)16-8-3-1-4-9-16/h1-6,8-9,11-12,17,19H,7,10,13,15H2. The number of nitrogens with zero attached hydrogens (tertiary/aromatic N) is 2. The molecule has 21 heavy (non-hydrogen) atoms. The molecule has 106 valence electrons. The van der Waals surface area contributed by atoms with Crippen molar-refractivity contribution in [1.29, 1.82) is 5.26 Å². The van der Waals surface area contributed by atoms with Gasteiger partial charge < -0.3 is 4.90 Å². The van der Waals surface area contributed by atoms with Gasteiger partial charge in [-0.3, -0.25) is 0 Å². The van der Waals surface area contributed by atoms with Crippen LogP contribution in [0.4, 0.5) is 5.69 Å². The second-order valence-corrected chi connectivity index (χ2v) is 5.65. The van der Waals surface area contributed by atoms with Crippen molar-refractivity contribution in [2.24, 2.45) is 5.92 Å². The third kappa shape index (κ3) is 2.92. The Morgan fingerprint density at radius 2 is 1.67 bits per heavy atom. The Morgan fingerprint density at radius 3 is 2.33 bits per heavy atom. The van der Waals surface area contributed by atoms with Crippen LogP contribution >= 0.6 is 0 Å². The van der Waals surface area contributed by atoms with Gasteiger partial charge in [-0.1, -0.05) is 48.5 Å². The lowest BCUT2D eigenvalue weighted by Gasteiger charge is -2.42. The molecule has 3 rings (SSSR count). The first-order chi connectivity index (χ1) is 10.4. The zero-order chi connectivity index (χ0) is 14.5. The van der Waals surface area contributed by atoms with Crippen LogP contribution in [0.2, 0.25) is 0 Å². The fraction of sp³-hybridized carbons (Fsp3) is 0.316. The number of piperidine rings is 1. The molecular weight excluding hydrogens is 256 g/mol. The maximum absolute atomic E-state index is 9.17. The van der Waals surface area contributed by atoms with E-state index in [0.29, 0.717) is 18.4 Å². The van der Waals surface area contributed by atoms with Gasteiger partial charge in [0, 0.05) is 18.7 Å². The highest BCUT2D eigenvalue weighted by atomic mass is 15.2. The number of hydrogen-bond donors (Lipinski definition) is 0. The summed E-state index contributed by atoms with van der Waals surface area (Å²) in [6, 6.07) is 23.9. The molecule has 2 atom stereocenters. The number of nitriles is 1. The van der Waals surface area contributed by atoms with E-state index in [1.165, 1.54) is 11.3 Å². The summed E-state index contributed by atoms with van der Waals surface area (Å²) >= 11 is 0. The SMILES string of the molecule is N#CCC1CCCN(c2ccccc2)C1c1ccccc1. The van der Waals surface area contributed by atoms with E-state index in [1.807, 2.05) is 0 Å². The number of para-hydroxylation sites is 1. The Kier molecular flexibility index (Phi) is 4.21. The third-order valence-corrected chi connectivity index (χ3v) is 4.34. The molecule has 1 aliphatic rings. The minimum atomic E-state index is 0.307. The number of anilines is 1. The first-order valence-electron chi connectivity index (χ1n) is 7.64. The van der Waals surface area contributed by atoms with E-state index >= 15 is 0 Å². The van der Waals surface area contributed by atoms with E-state index < -0.39 is 0 Å². The molecule has 2 aromatic rings. The van der Waals surface area contributed by atoms with Gasteiger partial charge in [-0.2, -0.15) is 5.26 Å². The van der Waals surface area contributed by atoms with Gasteiger partial charge in [-0.15, -0.1) is 0 Å². The molecule has 0 radical (unpaired) electrons. The van der Waals surface area contributed by atoms with Crippen LogP contribution in [-0.2, 0) is 0 Å². The van der Waals surface area contributed by atoms with E-state index in [0.717, 1.165) is 19.4 Å². The van der Waals surface area contributed by atoms with Crippen LogP contribution < -0.4 is 4.90 Å². The quantitative estimate of drug-likeness (QED) is 0.821. The predicted molar refractivity (Wildman–Crippen MR) is 85.9 cm³/mol. The van der Waals surface area contributed by atoms with E-state index in [2.05, 4.69) is 71.6 Å². The Balaban J connectivity index is 1.99. The summed E-state index contributed by atoms with van der Waals surface area (Å²) in [6.45, 7) is 1.06. The number of benzene rings is 2. The molecule has 1 fully saturated rings. The lowest BCUT2D eigenvalue weighted by atomic mass is 9.82. The maximum atomic E-state index is 9.17. The maximum Gasteiger partial charge on any atom is 0.0625 e. The molecule has 0 aliphatic carbocycles. The second-order valence-electron chi connectivity index (χ2n) is 5.65. The van der Waals surface area contributed by atoms with E-state index in [4.69, 9.17) is 0 Å². The van der Waals surface area contributed by atoms with Crippen molar-refractivity contribution in [3.8, 4) is 6.07 Å². The molecule has 0 bridgehead atoms. The highest BCUT2D eigenvalue weighted by Crippen LogP contribution is 2.40. The van der Waals surface area contributed by atoms with E-state index in [1.54, 1.807) is 0 Å². The third-order valence-electron chi connectivity index (χ3n) is 4.34. The van der Waals surface area contributed by atoms with Gasteiger partial charge in [-0.05, 0) is 36.5 Å². The second kappa shape index (κ2) is 6.45. The van der Waals surface area contributed by atoms with Gasteiger partial charge in [-0.25, -0.2) is 0 Å². The Morgan fingerprint density at radius 1 is 1.00 bits per heavy atom. The zero-order valence-electron chi connectivity index (χ0n) is 12.2. The minimum Gasteiger partial charge on any atom is -0.364 e. The molecule has 2 aromatic carbocycles. The Hall–Kier alpha value is -2.27. The van der Waals surface area contributed by atoms with Gasteiger partial charge in [0.15, 0.2) is 0 Å². The van der Waals surface area contributed by atoms with Crippen LogP contribution in [0.3, 0.4) is 0 Å². The van der Waals surface area contributed by atoms with Crippen molar-refractivity contribution in [2.75, 3.05) is 11.4 Å². The van der Waals surface area contributed by atoms with Crippen molar-refractivity contribution < 1.29 is 0 Å². The van der Waals surface area contributed by atoms with Crippen molar-refractivity contribution in [1.82, 2.24) is 0 Å². The van der Waals surface area contributed by atoms with Crippen LogP contribution in [0.1, 0.15) is 30.9 Å². The zero-order valence-corrected chi connectivity index (χ0v) is 12.2. The normalized spacial score (nSPS) is 21.8. The average molecular weight is 276 g/mol. The Labute approximate surface area is 126 Å². The lowest BCUT2D eigenvalue weighted by Crippen LogP contribution is -2.39. The summed E-state index contributed by atoms with van der Waals surface area (Å²) in [6.07, 6.45) is 2.92. The molecule has 2 heteroatoms. The highest BCUT2D eigenvalue weighted by Gasteiger charge is 2.32. The predicted octanol–water partition coefficient (Wildman–Crippen LogP) is 4.56. The van der Waals surface area contributed by atoms with Crippen molar-refractivity contribution in [2.45, 2.75) is 25.3 Å². The molecule has 0 N–H and O–H groups in total. The van der Waals surface area contributed by atoms with Crippen molar-refractivity contribution in [3.05, 3.63) is 66.2 Å². The molecule has 0 aromatic heterocycles. The molecule has 0 saturated carbocycles. The van der Waals surface area contributed by atoms with Gasteiger partial charge >= 0.3 is 0 Å². The average Bonchev–Trinajstić information content (AvgIpc) is 2.56. The monoisotopic (exact) mass is 276 g/mol. The molecule has 2 nitrogen and oxygen atoms in total. The van der Waals surface area contributed by atoms with Crippen LogP contribution in [0, 0.1) is 17.2 Å². The molecule has 1 saturated heterocycles. The van der Waals surface area contributed by atoms with Crippen molar-refractivity contribution in [3.63, 3.8) is 0 Å². The molecule has 2 unspecified atom stereocenters. The summed E-state index contributed by atoms with van der Waals surface area (Å²) in [5.41, 5.74) is 2.58. The van der Waals surface area contributed by atoms with Gasteiger partial charge in [0.2, 0.25) is 0 Å². The van der Waals surface area contributed by atoms with Gasteiger partial charge in [0.25, 0.3) is 0 Å². The Bertz CT molecular complexity index is 600. The number of hydrogen-bond acceptors (Lipinski definition) is 2. The molecule has 1 heterocycles. The summed E-state index contributed by atoms with van der Waals surface area (Å²) in [7, 11) is 0. The molecular formula is C19H20N2. The van der Waals surface area contributed by atoms with E-state index in [-0.39, 0.29) is 0 Å². The summed E-state index contributed by atoms with van der Waals surface area (Å²) in [5.74, 6) is 0.409. The van der Waals surface area contributed by atoms with Gasteiger partial charge in [0.05, 0.1) is 12.1 Å². The van der Waals surface area contributed by atoms with Crippen LogP contribution in [0.15, 0.2) is 60.7 Å². The van der Waals surface area contributed by atoms with Crippen molar-refractivity contribution >= 4 is 5.69 Å². The van der Waals surface area contributed by atoms with Crippen LogP contribution in [0.25, 0.3) is 0 Å². The minimum absolute atomic E-state index is 0.307. The summed E-state index contributed by atoms with van der Waals surface area (Å²) < 4.78 is 0. The highest BCUT2D eigenvalue weighted by molar-refractivity contribution is 5.49. The molecule has 1 aliphatic heterocycles. The fourth-order valence-electron chi connectivity index (χ4n) is 3.42. The molecule has 0 amide bonds. The summed E-state index contributed by atoms with van der Waals surface area (Å²) in [4.78, 5) is 2.47. The first-order valence-corrected chi connectivity index (χ1v) is 7.64. The fourth-order valence-corrected chi connectivity index (χ4v) is 3.42. The first kappa shape index (κ1) is 13.7. The van der Waals surface area contributed by atoms with Crippen LogP contribution in [0.5, 0.6) is 0 Å². The lowest BCUT2D eigenvalue weighted by molar-refractivity contribution is 0.331. The van der Waals surface area contributed by atoms with E-state index in [9.17, 15) is 5.26 Å².